The van der Waals surface area contributed by atoms with Crippen molar-refractivity contribution < 1.29 is 52.4 Å². The molecule has 1 aromatic heterocycles. The lowest BCUT2D eigenvalue weighted by Gasteiger charge is -2.26. The van der Waals surface area contributed by atoms with Crippen LogP contribution in [0.25, 0.3) is 10.2 Å². The fraction of sp³-hybridized carbons (Fsp3) is 0.481. The molecule has 14 nitrogen and oxygen atoms in total. The van der Waals surface area contributed by atoms with Crippen LogP contribution < -0.4 is 24.0 Å². The SMILES string of the molecule is C=CC(=O)OCCCCCCOc1ccc(OC(=O)C2CCC(C(=O)Oc3ccc(OC(=O)C4CCC(C(=O)OC)CC4)c(C=NN(c4nc5ccccc5s4)C(C)CCCC)c3)CC2)cc1. The van der Waals surface area contributed by atoms with E-state index in [2.05, 4.69) is 20.4 Å². The summed E-state index contributed by atoms with van der Waals surface area (Å²) in [5.41, 5.74) is 1.32. The fourth-order valence-electron chi connectivity index (χ4n) is 8.31. The Hall–Kier alpha value is -6.09. The van der Waals surface area contributed by atoms with Crippen molar-refractivity contribution in [1.29, 1.82) is 0 Å². The van der Waals surface area contributed by atoms with Gasteiger partial charge in [-0.05, 0) is 145 Å². The van der Waals surface area contributed by atoms with Gasteiger partial charge in [-0.15, -0.1) is 0 Å². The molecule has 1 unspecified atom stereocenters. The van der Waals surface area contributed by atoms with Crippen molar-refractivity contribution >= 4 is 62.7 Å². The first-order valence-corrected chi connectivity index (χ1v) is 24.4. The second kappa shape index (κ2) is 25.7. The number of fused-ring (bicyclic) bond motifs is 1. The third kappa shape index (κ3) is 15.0. The number of unbranched alkanes of at least 4 members (excludes halogenated alkanes) is 4. The maximum atomic E-state index is 13.6. The maximum Gasteiger partial charge on any atom is 0.330 e. The van der Waals surface area contributed by atoms with Crippen molar-refractivity contribution in [2.45, 2.75) is 116 Å². The summed E-state index contributed by atoms with van der Waals surface area (Å²) < 4.78 is 34.5. The molecule has 2 saturated carbocycles. The quantitative estimate of drug-likeness (QED) is 0.0172. The molecule has 4 aromatic rings. The molecule has 0 amide bonds. The van der Waals surface area contributed by atoms with E-state index in [4.69, 9.17) is 38.5 Å². The van der Waals surface area contributed by atoms with Gasteiger partial charge in [0.1, 0.15) is 23.0 Å². The topological polar surface area (TPSA) is 169 Å². The maximum absolute atomic E-state index is 13.6. The lowest BCUT2D eigenvalue weighted by atomic mass is 9.82. The third-order valence-corrected chi connectivity index (χ3v) is 13.4. The number of nitrogens with zero attached hydrogens (tertiary/aromatic N) is 3. The van der Waals surface area contributed by atoms with Gasteiger partial charge in [-0.1, -0.05) is 49.8 Å². The van der Waals surface area contributed by atoms with E-state index in [-0.39, 0.29) is 47.2 Å². The second-order valence-electron chi connectivity index (χ2n) is 17.2. The fourth-order valence-corrected chi connectivity index (χ4v) is 9.34. The van der Waals surface area contributed by atoms with Crippen LogP contribution in [0.4, 0.5) is 5.13 Å². The van der Waals surface area contributed by atoms with Gasteiger partial charge in [0.2, 0.25) is 5.13 Å². The van der Waals surface area contributed by atoms with Crippen LogP contribution in [0.3, 0.4) is 0 Å². The zero-order chi connectivity index (χ0) is 47.5. The van der Waals surface area contributed by atoms with E-state index < -0.39 is 23.8 Å². The number of hydrogen-bond acceptors (Lipinski definition) is 15. The molecule has 0 bridgehead atoms. The minimum Gasteiger partial charge on any atom is -0.494 e. The van der Waals surface area contributed by atoms with E-state index in [0.717, 1.165) is 66.4 Å². The molecule has 3 aromatic carbocycles. The van der Waals surface area contributed by atoms with Gasteiger partial charge < -0.3 is 28.4 Å². The van der Waals surface area contributed by atoms with Crippen LogP contribution in [0, 0.1) is 23.7 Å². The number of esters is 5. The van der Waals surface area contributed by atoms with Crippen molar-refractivity contribution in [3.63, 3.8) is 0 Å². The monoisotopic (exact) mass is 937 g/mol. The van der Waals surface area contributed by atoms with Crippen LogP contribution in [-0.2, 0) is 33.4 Å². The number of methoxy groups -OCH3 is 1. The molecule has 0 N–H and O–H groups in total. The zero-order valence-electron chi connectivity index (χ0n) is 38.9. The Kier molecular flexibility index (Phi) is 19.3. The van der Waals surface area contributed by atoms with Gasteiger partial charge in [-0.25, -0.2) is 14.8 Å². The summed E-state index contributed by atoms with van der Waals surface area (Å²) >= 11 is 1.54. The summed E-state index contributed by atoms with van der Waals surface area (Å²) in [6.07, 6.45) is 13.1. The minimum atomic E-state index is -0.418. The smallest absolute Gasteiger partial charge is 0.330 e. The first-order chi connectivity index (χ1) is 32.5. The standard InChI is InChI=1S/C52H63N3O11S/c1-5-7-14-35(3)55(52-54-44-15-10-11-16-46(44)67-52)53-34-40-33-43(29-30-45(40)66-51(60)39-19-17-36(18-20-39)48(57)61-4)65-50(59)38-23-21-37(22-24-38)49(58)64-42-27-25-41(26-28-42)62-31-12-8-9-13-32-63-47(56)6-2/h6,10-11,15-16,25-30,33-39H,2,5,7-9,12-14,17-24,31-32H2,1,3-4H3. The van der Waals surface area contributed by atoms with Crippen LogP contribution >= 0.6 is 11.3 Å². The molecule has 0 saturated heterocycles. The van der Waals surface area contributed by atoms with Crippen molar-refractivity contribution in [2.24, 2.45) is 28.8 Å². The third-order valence-electron chi connectivity index (χ3n) is 12.4. The first-order valence-electron chi connectivity index (χ1n) is 23.6. The number of rotatable bonds is 23. The Morgan fingerprint density at radius 2 is 1.30 bits per heavy atom. The van der Waals surface area contributed by atoms with Crippen LogP contribution in [0.1, 0.15) is 116 Å². The molecule has 67 heavy (non-hydrogen) atoms. The summed E-state index contributed by atoms with van der Waals surface area (Å²) in [6, 6.07) is 19.8. The number of ether oxygens (including phenoxy) is 6. The number of aromatic nitrogens is 1. The summed E-state index contributed by atoms with van der Waals surface area (Å²) in [6.45, 7) is 8.56. The van der Waals surface area contributed by atoms with Gasteiger partial charge >= 0.3 is 29.8 Å². The number of thiazole rings is 1. The van der Waals surface area contributed by atoms with Gasteiger partial charge in [0.25, 0.3) is 0 Å². The molecule has 2 aliphatic rings. The molecule has 2 fully saturated rings. The summed E-state index contributed by atoms with van der Waals surface area (Å²) in [5, 5.41) is 7.57. The minimum absolute atomic E-state index is 0.00299. The van der Waals surface area contributed by atoms with Crippen LogP contribution in [0.15, 0.2) is 84.5 Å². The van der Waals surface area contributed by atoms with Crippen molar-refractivity contribution in [3.05, 3.63) is 84.9 Å². The van der Waals surface area contributed by atoms with Gasteiger partial charge in [0, 0.05) is 11.6 Å². The van der Waals surface area contributed by atoms with E-state index in [1.165, 1.54) is 7.11 Å². The van der Waals surface area contributed by atoms with Crippen LogP contribution in [-0.4, -0.2) is 67.4 Å². The molecule has 0 radical (unpaired) electrons. The Morgan fingerprint density at radius 1 is 0.731 bits per heavy atom. The summed E-state index contributed by atoms with van der Waals surface area (Å²) in [4.78, 5) is 68.5. The van der Waals surface area contributed by atoms with Gasteiger partial charge in [-0.3, -0.25) is 19.2 Å². The number of hydrogen-bond donors (Lipinski definition) is 0. The van der Waals surface area contributed by atoms with Crippen LogP contribution in [0.2, 0.25) is 0 Å². The van der Waals surface area contributed by atoms with Crippen molar-refractivity contribution in [3.8, 4) is 23.0 Å². The molecule has 2 aliphatic carbocycles. The highest BCUT2D eigenvalue weighted by atomic mass is 32.1. The molecule has 6 rings (SSSR count). The molecule has 1 heterocycles. The first kappa shape index (κ1) is 50.3. The second-order valence-corrected chi connectivity index (χ2v) is 18.2. The summed E-state index contributed by atoms with van der Waals surface area (Å²) in [7, 11) is 1.38. The van der Waals surface area contributed by atoms with Gasteiger partial charge in [0.15, 0.2) is 0 Å². The number of hydrazone groups is 1. The van der Waals surface area contributed by atoms with E-state index in [9.17, 15) is 24.0 Å². The van der Waals surface area contributed by atoms with E-state index in [1.807, 2.05) is 29.3 Å². The predicted octanol–water partition coefficient (Wildman–Crippen LogP) is 10.6. The lowest BCUT2D eigenvalue weighted by Crippen LogP contribution is -2.30. The molecule has 1 atom stereocenters. The Bertz CT molecular complexity index is 2280. The molecular formula is C52H63N3O11S. The molecule has 358 valence electrons. The van der Waals surface area contributed by atoms with Crippen molar-refractivity contribution in [1.82, 2.24) is 4.98 Å². The number of para-hydroxylation sites is 1. The molecule has 0 spiro atoms. The van der Waals surface area contributed by atoms with Crippen molar-refractivity contribution in [2.75, 3.05) is 25.3 Å². The van der Waals surface area contributed by atoms with E-state index >= 15 is 0 Å². The van der Waals surface area contributed by atoms with E-state index in [0.29, 0.717) is 81.6 Å². The Morgan fingerprint density at radius 3 is 1.91 bits per heavy atom. The number of anilines is 1. The number of benzene rings is 3. The predicted molar refractivity (Wildman–Crippen MR) is 256 cm³/mol. The summed E-state index contributed by atoms with van der Waals surface area (Å²) in [5.74, 6) is -1.56. The Balaban J connectivity index is 1.05. The largest absolute Gasteiger partial charge is 0.494 e. The highest BCUT2D eigenvalue weighted by Gasteiger charge is 2.34. The van der Waals surface area contributed by atoms with Gasteiger partial charge in [-0.2, -0.15) is 5.10 Å². The molecule has 15 heteroatoms. The van der Waals surface area contributed by atoms with Gasteiger partial charge in [0.05, 0.1) is 66.5 Å². The van der Waals surface area contributed by atoms with E-state index in [1.54, 1.807) is 60.0 Å². The Labute approximate surface area is 397 Å². The molecule has 0 aliphatic heterocycles. The molecular weight excluding hydrogens is 875 g/mol. The highest BCUT2D eigenvalue weighted by Crippen LogP contribution is 2.35. The number of carbonyl (C=O) groups excluding carboxylic acids is 5. The zero-order valence-corrected chi connectivity index (χ0v) is 39.7. The normalized spacial score (nSPS) is 18.7. The van der Waals surface area contributed by atoms with Crippen LogP contribution in [0.5, 0.6) is 23.0 Å². The average Bonchev–Trinajstić information content (AvgIpc) is 3.79. The highest BCUT2D eigenvalue weighted by molar-refractivity contribution is 7.22. The lowest BCUT2D eigenvalue weighted by molar-refractivity contribution is -0.149. The number of carbonyl (C=O) groups is 5. The average molecular weight is 938 g/mol.